The molecule has 2 aromatic rings. The largest absolute Gasteiger partial charge is 0.465 e. The number of ether oxygens (including phenoxy) is 1. The minimum Gasteiger partial charge on any atom is -0.465 e. The van der Waals surface area contributed by atoms with E-state index in [2.05, 4.69) is 11.6 Å². The summed E-state index contributed by atoms with van der Waals surface area (Å²) in [6, 6.07) is 14.6. The van der Waals surface area contributed by atoms with Crippen molar-refractivity contribution in [2.45, 2.75) is 57.9 Å². The molecule has 3 rings (SSSR count). The fourth-order valence-electron chi connectivity index (χ4n) is 4.53. The van der Waals surface area contributed by atoms with Gasteiger partial charge in [0.1, 0.15) is 12.3 Å². The maximum Gasteiger partial charge on any atom is 0.346 e. The normalized spacial score (nSPS) is 18.5. The molecule has 1 heterocycles. The van der Waals surface area contributed by atoms with Crippen molar-refractivity contribution in [3.05, 3.63) is 59.7 Å². The lowest BCUT2D eigenvalue weighted by Gasteiger charge is -2.26. The summed E-state index contributed by atoms with van der Waals surface area (Å²) >= 11 is 0. The minimum absolute atomic E-state index is 0.223. The van der Waals surface area contributed by atoms with Crippen LogP contribution in [-0.4, -0.2) is 50.9 Å². The van der Waals surface area contributed by atoms with Gasteiger partial charge < -0.3 is 4.74 Å². The van der Waals surface area contributed by atoms with E-state index >= 15 is 0 Å². The maximum absolute atomic E-state index is 13.1. The molecule has 0 spiro atoms. The van der Waals surface area contributed by atoms with E-state index in [0.29, 0.717) is 17.6 Å². The number of hydrogen-bond donors (Lipinski definition) is 1. The molecule has 0 radical (unpaired) electrons. The monoisotopic (exact) mass is 498 g/mol. The molecular weight excluding hydrogens is 462 g/mol. The molecule has 1 aliphatic rings. The third kappa shape index (κ3) is 5.55. The molecule has 1 aliphatic heterocycles. The highest BCUT2D eigenvalue weighted by Gasteiger charge is 2.43. The molecule has 2 aromatic carbocycles. The molecule has 1 unspecified atom stereocenters. The van der Waals surface area contributed by atoms with Crippen molar-refractivity contribution in [1.82, 2.24) is 4.72 Å². The molecule has 188 valence electrons. The summed E-state index contributed by atoms with van der Waals surface area (Å²) in [6.07, 6.45) is 1.51. The van der Waals surface area contributed by atoms with E-state index in [9.17, 15) is 13.2 Å². The van der Waals surface area contributed by atoms with Crippen molar-refractivity contribution in [2.75, 3.05) is 20.7 Å². The lowest BCUT2D eigenvalue weighted by atomic mass is 9.98. The van der Waals surface area contributed by atoms with Crippen molar-refractivity contribution < 1.29 is 22.5 Å². The van der Waals surface area contributed by atoms with Crippen molar-refractivity contribution in [2.24, 2.45) is 5.10 Å². The van der Waals surface area contributed by atoms with Crippen LogP contribution in [-0.2, 0) is 19.6 Å². The van der Waals surface area contributed by atoms with E-state index < -0.39 is 21.5 Å². The first-order valence-corrected chi connectivity index (χ1v) is 13.4. The molecule has 35 heavy (non-hydrogen) atoms. The van der Waals surface area contributed by atoms with Gasteiger partial charge in [-0.3, -0.25) is 0 Å². The zero-order valence-electron chi connectivity index (χ0n) is 21.7. The summed E-state index contributed by atoms with van der Waals surface area (Å²) in [7, 11) is -0.342. The molecule has 7 nitrogen and oxygen atoms in total. The van der Waals surface area contributed by atoms with E-state index in [0.717, 1.165) is 35.5 Å². The molecule has 0 fully saturated rings. The molecule has 0 bridgehead atoms. The van der Waals surface area contributed by atoms with Gasteiger partial charge in [-0.15, -0.1) is 0 Å². The first kappa shape index (κ1) is 26.8. The third-order valence-corrected chi connectivity index (χ3v) is 7.63. The Morgan fingerprint density at radius 1 is 1.03 bits per heavy atom. The van der Waals surface area contributed by atoms with Crippen LogP contribution in [0, 0.1) is 0 Å². The summed E-state index contributed by atoms with van der Waals surface area (Å²) < 4.78 is 34.3. The lowest BCUT2D eigenvalue weighted by Crippen LogP contribution is -2.40. The Balaban J connectivity index is 2.12. The van der Waals surface area contributed by atoms with Gasteiger partial charge in [0.25, 0.3) is 0 Å². The quantitative estimate of drug-likeness (QED) is 0.412. The molecule has 1 atom stereocenters. The van der Waals surface area contributed by atoms with Gasteiger partial charge in [-0.2, -0.15) is 4.59 Å². The summed E-state index contributed by atoms with van der Waals surface area (Å²) in [5.41, 5.74) is 3.67. The standard InChI is InChI=1S/C27H36N3O4S/c1-8-18-30(6)25(24(26(31)34-7)22(9-2)28-30)20-16-14-19(15-17-20)21-12-10-11-13-23(21)35(32,33)29-27(3,4)5/h10-17,29H,8-9,18H2,1-7H3/q+1. The topological polar surface area (TPSA) is 84.8 Å². The Labute approximate surface area is 209 Å². The van der Waals surface area contributed by atoms with Crippen LogP contribution in [0.1, 0.15) is 53.0 Å². The molecule has 0 aromatic heterocycles. The molecule has 0 amide bonds. The number of hydrogen-bond acceptors (Lipinski definition) is 5. The second kappa shape index (κ2) is 10.0. The highest BCUT2D eigenvalue weighted by Crippen LogP contribution is 2.38. The number of methoxy groups -OCH3 is 1. The maximum atomic E-state index is 13.1. The van der Waals surface area contributed by atoms with Gasteiger partial charge in [-0.25, -0.2) is 17.9 Å². The average molecular weight is 499 g/mol. The van der Waals surface area contributed by atoms with Gasteiger partial charge in [0.05, 0.1) is 19.1 Å². The number of sulfonamides is 1. The minimum atomic E-state index is -3.72. The van der Waals surface area contributed by atoms with Gasteiger partial charge in [0, 0.05) is 16.7 Å². The molecule has 0 aliphatic carbocycles. The molecule has 0 saturated heterocycles. The van der Waals surface area contributed by atoms with Crippen molar-refractivity contribution in [3.8, 4) is 11.1 Å². The SMILES string of the molecule is CCC[N+]1(C)N=C(CC)C(C(=O)OC)=C1c1ccc(-c2ccccc2S(=O)(=O)NC(C)(C)C)cc1. The third-order valence-electron chi connectivity index (χ3n) is 5.82. The molecule has 1 N–H and O–H groups in total. The van der Waals surface area contributed by atoms with E-state index in [4.69, 9.17) is 9.84 Å². The lowest BCUT2D eigenvalue weighted by molar-refractivity contribution is -0.844. The van der Waals surface area contributed by atoms with Gasteiger partial charge >= 0.3 is 5.97 Å². The summed E-state index contributed by atoms with van der Waals surface area (Å²) in [5, 5.41) is 4.89. The van der Waals surface area contributed by atoms with Gasteiger partial charge in [-0.1, -0.05) is 49.3 Å². The first-order chi connectivity index (χ1) is 16.4. The zero-order chi connectivity index (χ0) is 26.0. The second-order valence-corrected chi connectivity index (χ2v) is 11.6. The van der Waals surface area contributed by atoms with E-state index in [1.54, 1.807) is 18.2 Å². The average Bonchev–Trinajstić information content (AvgIpc) is 3.09. The van der Waals surface area contributed by atoms with E-state index in [1.807, 2.05) is 65.1 Å². The Bertz CT molecular complexity index is 1270. The number of carbonyl (C=O) groups excluding carboxylic acids is 1. The number of carbonyl (C=O) groups is 1. The Morgan fingerprint density at radius 3 is 2.17 bits per heavy atom. The van der Waals surface area contributed by atoms with E-state index in [-0.39, 0.29) is 9.49 Å². The Kier molecular flexibility index (Phi) is 7.69. The summed E-state index contributed by atoms with van der Waals surface area (Å²) in [4.78, 5) is 13.0. The van der Waals surface area contributed by atoms with Gasteiger partial charge in [0.15, 0.2) is 11.3 Å². The summed E-state index contributed by atoms with van der Waals surface area (Å²) in [5.74, 6) is -0.396. The van der Waals surface area contributed by atoms with Crippen LogP contribution in [0.25, 0.3) is 16.8 Å². The molecule has 0 saturated carbocycles. The van der Waals surface area contributed by atoms with Crippen LogP contribution in [0.2, 0.25) is 0 Å². The number of esters is 1. The number of benzene rings is 2. The predicted octanol–water partition coefficient (Wildman–Crippen LogP) is 4.95. The first-order valence-electron chi connectivity index (χ1n) is 11.9. The summed E-state index contributed by atoms with van der Waals surface area (Å²) in [6.45, 7) is 10.2. The van der Waals surface area contributed by atoms with Gasteiger partial charge in [0.2, 0.25) is 10.0 Å². The van der Waals surface area contributed by atoms with Crippen molar-refractivity contribution >= 4 is 27.4 Å². The Hall–Kier alpha value is -2.81. The van der Waals surface area contributed by atoms with Crippen LogP contribution >= 0.6 is 0 Å². The fraction of sp³-hybridized carbons (Fsp3) is 0.407. The molecular formula is C27H36N3O4S+. The predicted molar refractivity (Wildman–Crippen MR) is 140 cm³/mol. The van der Waals surface area contributed by atoms with Crippen molar-refractivity contribution in [1.29, 1.82) is 0 Å². The highest BCUT2D eigenvalue weighted by molar-refractivity contribution is 7.89. The van der Waals surface area contributed by atoms with Crippen molar-refractivity contribution in [3.63, 3.8) is 0 Å². The highest BCUT2D eigenvalue weighted by atomic mass is 32.2. The van der Waals surface area contributed by atoms with Crippen LogP contribution in [0.4, 0.5) is 0 Å². The van der Waals surface area contributed by atoms with Crippen LogP contribution in [0.3, 0.4) is 0 Å². The molecule has 8 heteroatoms. The van der Waals surface area contributed by atoms with E-state index in [1.165, 1.54) is 7.11 Å². The number of quaternary nitrogens is 1. The second-order valence-electron chi connectivity index (χ2n) is 9.91. The number of rotatable bonds is 8. The smallest absolute Gasteiger partial charge is 0.346 e. The van der Waals surface area contributed by atoms with Gasteiger partial charge in [-0.05, 0) is 57.4 Å². The fourth-order valence-corrected chi connectivity index (χ4v) is 6.18. The number of nitrogens with zero attached hydrogens (tertiary/aromatic N) is 2. The Morgan fingerprint density at radius 2 is 1.63 bits per heavy atom. The van der Waals surface area contributed by atoms with Crippen LogP contribution in [0.15, 0.2) is 64.1 Å². The zero-order valence-corrected chi connectivity index (χ0v) is 22.5. The van der Waals surface area contributed by atoms with Crippen LogP contribution in [0.5, 0.6) is 0 Å². The van der Waals surface area contributed by atoms with Crippen LogP contribution < -0.4 is 4.72 Å². The number of nitrogens with one attached hydrogen (secondary N) is 1.